The van der Waals surface area contributed by atoms with E-state index in [2.05, 4.69) is 24.3 Å². The molecule has 0 atom stereocenters. The van der Waals surface area contributed by atoms with E-state index in [-0.39, 0.29) is 5.82 Å². The Morgan fingerprint density at radius 3 is 2.25 bits per heavy atom. The zero-order valence-electron chi connectivity index (χ0n) is 8.99. The van der Waals surface area contributed by atoms with Crippen molar-refractivity contribution in [1.29, 1.82) is 0 Å². The normalized spacial score (nSPS) is 10.3. The Morgan fingerprint density at radius 1 is 0.875 bits per heavy atom. The molecule has 0 nitrogen and oxygen atoms in total. The van der Waals surface area contributed by atoms with Crippen molar-refractivity contribution in [2.45, 2.75) is 12.5 Å². The van der Waals surface area contributed by atoms with Crippen molar-refractivity contribution in [2.75, 3.05) is 0 Å². The fourth-order valence-electron chi connectivity index (χ4n) is 1.56. The standard InChI is InChI=1S/C14H13FSi/c15-13-8-6-12(7-9-13)10-11-16-14-4-2-1-3-5-14/h1-9H,10-11H2. The van der Waals surface area contributed by atoms with Crippen LogP contribution < -0.4 is 5.19 Å². The summed E-state index contributed by atoms with van der Waals surface area (Å²) in [5.74, 6) is -0.158. The van der Waals surface area contributed by atoms with E-state index in [1.807, 2.05) is 18.2 Å². The lowest BCUT2D eigenvalue weighted by Gasteiger charge is -2.01. The number of rotatable bonds is 4. The first-order valence-electron chi connectivity index (χ1n) is 5.38. The molecule has 2 heteroatoms. The lowest BCUT2D eigenvalue weighted by atomic mass is 10.2. The SMILES string of the molecule is Fc1ccc(CC[Si]c2ccccc2)cc1. The van der Waals surface area contributed by atoms with Gasteiger partial charge in [0.25, 0.3) is 0 Å². The molecule has 0 heterocycles. The number of hydrogen-bond donors (Lipinski definition) is 0. The fourth-order valence-corrected chi connectivity index (χ4v) is 2.69. The topological polar surface area (TPSA) is 0 Å². The average molecular weight is 228 g/mol. The highest BCUT2D eigenvalue weighted by molar-refractivity contribution is 6.53. The van der Waals surface area contributed by atoms with Crippen LogP contribution in [0.15, 0.2) is 54.6 Å². The minimum Gasteiger partial charge on any atom is -0.207 e. The minimum atomic E-state index is -0.158. The number of halogens is 1. The summed E-state index contributed by atoms with van der Waals surface area (Å²) in [5, 5.41) is 1.39. The van der Waals surface area contributed by atoms with Crippen LogP contribution in [-0.4, -0.2) is 9.52 Å². The molecular weight excluding hydrogens is 215 g/mol. The first-order chi connectivity index (χ1) is 7.84. The molecule has 0 aliphatic carbocycles. The van der Waals surface area contributed by atoms with Crippen LogP contribution in [-0.2, 0) is 6.42 Å². The molecule has 0 unspecified atom stereocenters. The second-order valence-corrected chi connectivity index (χ2v) is 5.10. The van der Waals surface area contributed by atoms with Crippen LogP contribution in [0.4, 0.5) is 4.39 Å². The monoisotopic (exact) mass is 228 g/mol. The Hall–Kier alpha value is -1.41. The second kappa shape index (κ2) is 5.61. The van der Waals surface area contributed by atoms with E-state index in [9.17, 15) is 4.39 Å². The van der Waals surface area contributed by atoms with Gasteiger partial charge in [0, 0.05) is 0 Å². The van der Waals surface area contributed by atoms with Crippen LogP contribution in [0.2, 0.25) is 6.04 Å². The molecule has 2 aromatic rings. The van der Waals surface area contributed by atoms with Crippen LogP contribution in [0, 0.1) is 5.82 Å². The quantitative estimate of drug-likeness (QED) is 0.706. The maximum absolute atomic E-state index is 12.7. The Labute approximate surface area is 98.0 Å². The molecule has 2 aromatic carbocycles. The molecule has 0 aromatic heterocycles. The summed E-state index contributed by atoms with van der Waals surface area (Å²) in [4.78, 5) is 0. The first-order valence-corrected chi connectivity index (χ1v) is 6.59. The van der Waals surface area contributed by atoms with Gasteiger partial charge in [0.2, 0.25) is 0 Å². The number of benzene rings is 2. The highest BCUT2D eigenvalue weighted by Gasteiger charge is 1.96. The zero-order valence-corrected chi connectivity index (χ0v) is 9.99. The molecular formula is C14H13FSi. The summed E-state index contributed by atoms with van der Waals surface area (Å²) in [7, 11) is 0.834. The second-order valence-electron chi connectivity index (χ2n) is 3.67. The molecule has 0 aliphatic rings. The van der Waals surface area contributed by atoms with Gasteiger partial charge >= 0.3 is 0 Å². The van der Waals surface area contributed by atoms with Crippen LogP contribution >= 0.6 is 0 Å². The zero-order chi connectivity index (χ0) is 11.2. The van der Waals surface area contributed by atoms with Gasteiger partial charge in [-0.1, -0.05) is 53.7 Å². The summed E-state index contributed by atoms with van der Waals surface area (Å²) in [6.45, 7) is 0. The first kappa shape index (κ1) is 11.1. The molecule has 16 heavy (non-hydrogen) atoms. The van der Waals surface area contributed by atoms with Crippen molar-refractivity contribution >= 4 is 14.7 Å². The van der Waals surface area contributed by atoms with E-state index < -0.39 is 0 Å². The third-order valence-electron chi connectivity index (χ3n) is 2.43. The van der Waals surface area contributed by atoms with Gasteiger partial charge in [0.05, 0.1) is 9.52 Å². The molecule has 2 rings (SSSR count). The largest absolute Gasteiger partial charge is 0.207 e. The van der Waals surface area contributed by atoms with Crippen LogP contribution in [0.5, 0.6) is 0 Å². The van der Waals surface area contributed by atoms with Gasteiger partial charge in [-0.05, 0) is 24.1 Å². The molecule has 0 saturated carbocycles. The smallest absolute Gasteiger partial charge is 0.123 e. The van der Waals surface area contributed by atoms with E-state index >= 15 is 0 Å². The Bertz CT molecular complexity index is 422. The van der Waals surface area contributed by atoms with Crippen molar-refractivity contribution < 1.29 is 4.39 Å². The van der Waals surface area contributed by atoms with Crippen molar-refractivity contribution in [3.05, 3.63) is 66.0 Å². The average Bonchev–Trinajstić information content (AvgIpc) is 2.33. The summed E-state index contributed by atoms with van der Waals surface area (Å²) >= 11 is 0. The highest BCUT2D eigenvalue weighted by Crippen LogP contribution is 2.05. The molecule has 80 valence electrons. The summed E-state index contributed by atoms with van der Waals surface area (Å²) in [5.41, 5.74) is 1.21. The maximum Gasteiger partial charge on any atom is 0.123 e. The van der Waals surface area contributed by atoms with Gasteiger partial charge in [-0.3, -0.25) is 0 Å². The third-order valence-corrected chi connectivity index (χ3v) is 3.67. The molecule has 2 radical (unpaired) electrons. The Balaban J connectivity index is 1.82. The minimum absolute atomic E-state index is 0.158. The molecule has 0 aliphatic heterocycles. The van der Waals surface area contributed by atoms with Crippen LogP contribution in [0.1, 0.15) is 5.56 Å². The van der Waals surface area contributed by atoms with Crippen LogP contribution in [0.3, 0.4) is 0 Å². The fraction of sp³-hybridized carbons (Fsp3) is 0.143. The summed E-state index contributed by atoms with van der Waals surface area (Å²) in [6, 6.07) is 18.4. The van der Waals surface area contributed by atoms with E-state index in [4.69, 9.17) is 0 Å². The van der Waals surface area contributed by atoms with E-state index in [1.54, 1.807) is 0 Å². The van der Waals surface area contributed by atoms with E-state index in [1.165, 1.54) is 22.9 Å². The lowest BCUT2D eigenvalue weighted by Crippen LogP contribution is -2.13. The molecule has 0 saturated heterocycles. The number of hydrogen-bond acceptors (Lipinski definition) is 0. The Morgan fingerprint density at radius 2 is 1.56 bits per heavy atom. The third kappa shape index (κ3) is 3.31. The predicted octanol–water partition coefficient (Wildman–Crippen LogP) is 2.82. The molecule has 0 N–H and O–H groups in total. The van der Waals surface area contributed by atoms with Gasteiger partial charge < -0.3 is 0 Å². The summed E-state index contributed by atoms with van der Waals surface area (Å²) in [6.07, 6.45) is 1.02. The van der Waals surface area contributed by atoms with Gasteiger partial charge in [0.1, 0.15) is 5.82 Å². The van der Waals surface area contributed by atoms with Gasteiger partial charge in [-0.15, -0.1) is 0 Å². The van der Waals surface area contributed by atoms with Crippen molar-refractivity contribution in [1.82, 2.24) is 0 Å². The molecule has 0 spiro atoms. The van der Waals surface area contributed by atoms with Gasteiger partial charge in [-0.2, -0.15) is 0 Å². The molecule has 0 bridgehead atoms. The lowest BCUT2D eigenvalue weighted by molar-refractivity contribution is 0.627. The highest BCUT2D eigenvalue weighted by atomic mass is 28.2. The maximum atomic E-state index is 12.7. The van der Waals surface area contributed by atoms with E-state index in [0.717, 1.165) is 22.0 Å². The Kier molecular flexibility index (Phi) is 3.89. The van der Waals surface area contributed by atoms with Crippen molar-refractivity contribution in [3.63, 3.8) is 0 Å². The predicted molar refractivity (Wildman–Crippen MR) is 66.7 cm³/mol. The van der Waals surface area contributed by atoms with Crippen LogP contribution in [0.25, 0.3) is 0 Å². The number of aryl methyl sites for hydroxylation is 1. The van der Waals surface area contributed by atoms with Crippen molar-refractivity contribution in [2.24, 2.45) is 0 Å². The summed E-state index contributed by atoms with van der Waals surface area (Å²) < 4.78 is 12.7. The van der Waals surface area contributed by atoms with Gasteiger partial charge in [0.15, 0.2) is 0 Å². The molecule has 0 amide bonds. The molecule has 0 fully saturated rings. The van der Waals surface area contributed by atoms with E-state index in [0.29, 0.717) is 0 Å². The van der Waals surface area contributed by atoms with Crippen molar-refractivity contribution in [3.8, 4) is 0 Å². The van der Waals surface area contributed by atoms with Gasteiger partial charge in [-0.25, -0.2) is 4.39 Å².